The van der Waals surface area contributed by atoms with Crippen LogP contribution in [0.1, 0.15) is 17.5 Å². The molecule has 0 unspecified atom stereocenters. The molecule has 0 aliphatic carbocycles. The molecule has 3 rings (SSSR count). The van der Waals surface area contributed by atoms with Crippen LogP contribution >= 0.6 is 0 Å². The van der Waals surface area contributed by atoms with E-state index in [1.54, 1.807) is 7.11 Å². The highest BCUT2D eigenvalue weighted by molar-refractivity contribution is 5.96. The number of fused-ring (bicyclic) bond motifs is 1. The third-order valence-electron chi connectivity index (χ3n) is 4.14. The second-order valence-corrected chi connectivity index (χ2v) is 5.67. The van der Waals surface area contributed by atoms with Crippen molar-refractivity contribution >= 4 is 11.6 Å². The van der Waals surface area contributed by atoms with Crippen LogP contribution in [0.2, 0.25) is 0 Å². The fraction of sp³-hybridized carbons (Fsp3) is 0.316. The summed E-state index contributed by atoms with van der Waals surface area (Å²) in [4.78, 5) is 14.5. The summed E-state index contributed by atoms with van der Waals surface area (Å²) >= 11 is 0. The number of ether oxygens (including phenoxy) is 2. The Bertz CT molecular complexity index is 712. The maximum absolute atomic E-state index is 12.6. The second-order valence-electron chi connectivity index (χ2n) is 5.67. The molecule has 1 aliphatic heterocycles. The van der Waals surface area contributed by atoms with E-state index in [4.69, 9.17) is 9.47 Å². The first-order chi connectivity index (χ1) is 11.2. The Balaban J connectivity index is 1.75. The fourth-order valence-corrected chi connectivity index (χ4v) is 3.05. The quantitative estimate of drug-likeness (QED) is 0.869. The summed E-state index contributed by atoms with van der Waals surface area (Å²) in [6, 6.07) is 13.6. The molecular formula is C19H21NO3. The predicted octanol–water partition coefficient (Wildman–Crippen LogP) is 3.36. The molecule has 4 heteroatoms. The molecule has 2 aromatic rings. The lowest BCUT2D eigenvalue weighted by molar-refractivity contribution is -0.120. The Morgan fingerprint density at radius 2 is 1.91 bits per heavy atom. The van der Waals surface area contributed by atoms with E-state index in [9.17, 15) is 4.79 Å². The molecule has 1 amide bonds. The van der Waals surface area contributed by atoms with E-state index in [1.807, 2.05) is 48.2 Å². The van der Waals surface area contributed by atoms with Gasteiger partial charge >= 0.3 is 0 Å². The third kappa shape index (κ3) is 3.16. The summed E-state index contributed by atoms with van der Waals surface area (Å²) in [6.07, 6.45) is 2.00. The molecule has 4 nitrogen and oxygen atoms in total. The fourth-order valence-electron chi connectivity index (χ4n) is 3.05. The van der Waals surface area contributed by atoms with E-state index < -0.39 is 0 Å². The molecule has 0 fully saturated rings. The third-order valence-corrected chi connectivity index (χ3v) is 4.14. The number of aryl methyl sites for hydroxylation is 2. The van der Waals surface area contributed by atoms with Crippen LogP contribution in [-0.2, 0) is 11.2 Å². The molecular weight excluding hydrogens is 290 g/mol. The van der Waals surface area contributed by atoms with Gasteiger partial charge in [0.05, 0.1) is 7.11 Å². The summed E-state index contributed by atoms with van der Waals surface area (Å²) in [5, 5.41) is 0. The van der Waals surface area contributed by atoms with Crippen molar-refractivity contribution in [1.82, 2.24) is 0 Å². The Kier molecular flexibility index (Phi) is 4.51. The van der Waals surface area contributed by atoms with Crippen LogP contribution in [0.5, 0.6) is 11.5 Å². The lowest BCUT2D eigenvalue weighted by Gasteiger charge is -2.31. The number of para-hydroxylation sites is 3. The Morgan fingerprint density at radius 3 is 2.70 bits per heavy atom. The molecule has 0 N–H and O–H groups in total. The molecule has 0 bridgehead atoms. The standard InChI is InChI=1S/C19H21NO3/c1-14-7-5-8-15-9-6-12-20(19(14)15)18(21)13-23-17-11-4-3-10-16(17)22-2/h3-5,7-8,10-11H,6,9,12-13H2,1-2H3. The molecule has 0 saturated heterocycles. The number of amides is 1. The van der Waals surface area contributed by atoms with Gasteiger partial charge in [-0.25, -0.2) is 0 Å². The van der Waals surface area contributed by atoms with Gasteiger partial charge in [-0.2, -0.15) is 0 Å². The molecule has 2 aromatic carbocycles. The Labute approximate surface area is 136 Å². The monoisotopic (exact) mass is 311 g/mol. The van der Waals surface area contributed by atoms with Crippen molar-refractivity contribution in [2.45, 2.75) is 19.8 Å². The summed E-state index contributed by atoms with van der Waals surface area (Å²) < 4.78 is 10.9. The second kappa shape index (κ2) is 6.73. The minimum Gasteiger partial charge on any atom is -0.493 e. The van der Waals surface area contributed by atoms with Gasteiger partial charge in [0.2, 0.25) is 0 Å². The number of anilines is 1. The first kappa shape index (κ1) is 15.4. The number of rotatable bonds is 4. The largest absolute Gasteiger partial charge is 0.493 e. The average Bonchev–Trinajstić information content (AvgIpc) is 2.59. The van der Waals surface area contributed by atoms with Crippen molar-refractivity contribution in [2.24, 2.45) is 0 Å². The zero-order valence-corrected chi connectivity index (χ0v) is 13.5. The van der Waals surface area contributed by atoms with Crippen LogP contribution in [0.3, 0.4) is 0 Å². The first-order valence-electron chi connectivity index (χ1n) is 7.85. The SMILES string of the molecule is COc1ccccc1OCC(=O)N1CCCc2cccc(C)c21. The summed E-state index contributed by atoms with van der Waals surface area (Å²) in [5.74, 6) is 1.20. The van der Waals surface area contributed by atoms with Gasteiger partial charge in [-0.3, -0.25) is 4.79 Å². The van der Waals surface area contributed by atoms with Crippen molar-refractivity contribution in [3.05, 3.63) is 53.6 Å². The number of hydrogen-bond donors (Lipinski definition) is 0. The smallest absolute Gasteiger partial charge is 0.264 e. The van der Waals surface area contributed by atoms with Crippen LogP contribution in [0.15, 0.2) is 42.5 Å². The van der Waals surface area contributed by atoms with Gasteiger partial charge in [0.25, 0.3) is 5.91 Å². The van der Waals surface area contributed by atoms with Gasteiger partial charge < -0.3 is 14.4 Å². The lowest BCUT2D eigenvalue weighted by atomic mass is 9.98. The molecule has 120 valence electrons. The lowest BCUT2D eigenvalue weighted by Crippen LogP contribution is -2.39. The summed E-state index contributed by atoms with van der Waals surface area (Å²) in [5.41, 5.74) is 3.42. The minimum absolute atomic E-state index is 0.00808. The molecule has 0 atom stereocenters. The summed E-state index contributed by atoms with van der Waals surface area (Å²) in [6.45, 7) is 2.80. The average molecular weight is 311 g/mol. The number of nitrogens with zero attached hydrogens (tertiary/aromatic N) is 1. The van der Waals surface area contributed by atoms with E-state index in [2.05, 4.69) is 6.07 Å². The first-order valence-corrected chi connectivity index (χ1v) is 7.85. The molecule has 0 spiro atoms. The number of carbonyl (C=O) groups excluding carboxylic acids is 1. The molecule has 0 aromatic heterocycles. The Morgan fingerprint density at radius 1 is 1.13 bits per heavy atom. The van der Waals surface area contributed by atoms with Gasteiger partial charge in [-0.05, 0) is 43.0 Å². The highest BCUT2D eigenvalue weighted by atomic mass is 16.5. The molecule has 1 aliphatic rings. The predicted molar refractivity (Wildman–Crippen MR) is 90.3 cm³/mol. The number of methoxy groups -OCH3 is 1. The van der Waals surface area contributed by atoms with Gasteiger partial charge in [0.15, 0.2) is 18.1 Å². The van der Waals surface area contributed by atoms with E-state index >= 15 is 0 Å². The van der Waals surface area contributed by atoms with Crippen LogP contribution in [-0.4, -0.2) is 26.2 Å². The van der Waals surface area contributed by atoms with E-state index in [0.717, 1.165) is 30.6 Å². The molecule has 1 heterocycles. The van der Waals surface area contributed by atoms with Gasteiger partial charge in [-0.15, -0.1) is 0 Å². The van der Waals surface area contributed by atoms with Crippen LogP contribution in [0, 0.1) is 6.92 Å². The van der Waals surface area contributed by atoms with E-state index in [1.165, 1.54) is 5.56 Å². The zero-order valence-electron chi connectivity index (χ0n) is 13.5. The maximum Gasteiger partial charge on any atom is 0.264 e. The van der Waals surface area contributed by atoms with Gasteiger partial charge in [-0.1, -0.05) is 30.3 Å². The van der Waals surface area contributed by atoms with Gasteiger partial charge in [0.1, 0.15) is 0 Å². The zero-order chi connectivity index (χ0) is 16.2. The van der Waals surface area contributed by atoms with Crippen molar-refractivity contribution in [1.29, 1.82) is 0 Å². The van der Waals surface area contributed by atoms with Crippen LogP contribution < -0.4 is 14.4 Å². The highest BCUT2D eigenvalue weighted by Gasteiger charge is 2.24. The highest BCUT2D eigenvalue weighted by Crippen LogP contribution is 2.31. The Hall–Kier alpha value is -2.49. The normalized spacial score (nSPS) is 13.4. The molecule has 23 heavy (non-hydrogen) atoms. The maximum atomic E-state index is 12.6. The topological polar surface area (TPSA) is 38.8 Å². The number of carbonyl (C=O) groups is 1. The van der Waals surface area contributed by atoms with Crippen molar-refractivity contribution in [3.63, 3.8) is 0 Å². The number of benzene rings is 2. The van der Waals surface area contributed by atoms with Crippen molar-refractivity contribution < 1.29 is 14.3 Å². The van der Waals surface area contributed by atoms with E-state index in [0.29, 0.717) is 11.5 Å². The van der Waals surface area contributed by atoms with Crippen molar-refractivity contribution in [2.75, 3.05) is 25.2 Å². The summed E-state index contributed by atoms with van der Waals surface area (Å²) in [7, 11) is 1.59. The van der Waals surface area contributed by atoms with Crippen molar-refractivity contribution in [3.8, 4) is 11.5 Å². The van der Waals surface area contributed by atoms with E-state index in [-0.39, 0.29) is 12.5 Å². The van der Waals surface area contributed by atoms with Gasteiger partial charge in [0, 0.05) is 12.2 Å². The molecule has 0 saturated carbocycles. The minimum atomic E-state index is -0.0221. The number of hydrogen-bond acceptors (Lipinski definition) is 3. The van der Waals surface area contributed by atoms with Crippen LogP contribution in [0.25, 0.3) is 0 Å². The molecule has 0 radical (unpaired) electrons. The van der Waals surface area contributed by atoms with Crippen LogP contribution in [0.4, 0.5) is 5.69 Å².